The second kappa shape index (κ2) is 6.57. The zero-order valence-electron chi connectivity index (χ0n) is 13.6. The fourth-order valence-electron chi connectivity index (χ4n) is 2.92. The van der Waals surface area contributed by atoms with Crippen molar-refractivity contribution in [2.75, 3.05) is 11.4 Å². The highest BCUT2D eigenvalue weighted by Gasteiger charge is 2.25. The van der Waals surface area contributed by atoms with Crippen molar-refractivity contribution < 1.29 is 0 Å². The Balaban J connectivity index is 2.25. The van der Waals surface area contributed by atoms with Gasteiger partial charge in [-0.05, 0) is 38.7 Å². The highest BCUT2D eigenvalue weighted by atomic mass is 15.2. The predicted molar refractivity (Wildman–Crippen MR) is 86.2 cm³/mol. The van der Waals surface area contributed by atoms with Gasteiger partial charge in [0.05, 0.1) is 0 Å². The third kappa shape index (κ3) is 3.72. The summed E-state index contributed by atoms with van der Waals surface area (Å²) in [5, 5.41) is 3.52. The summed E-state index contributed by atoms with van der Waals surface area (Å²) in [7, 11) is 0. The van der Waals surface area contributed by atoms with Crippen LogP contribution in [0.1, 0.15) is 51.8 Å². The van der Waals surface area contributed by atoms with Crippen molar-refractivity contribution in [3.05, 3.63) is 23.5 Å². The van der Waals surface area contributed by atoms with Gasteiger partial charge in [-0.3, -0.25) is 4.98 Å². The number of rotatable bonds is 4. The normalized spacial score (nSPS) is 23.4. The minimum Gasteiger partial charge on any atom is -0.368 e. The van der Waals surface area contributed by atoms with Crippen LogP contribution in [0.5, 0.6) is 0 Å². The van der Waals surface area contributed by atoms with Crippen molar-refractivity contribution in [2.45, 2.75) is 66.1 Å². The standard InChI is InChI=1S/C17H29N3/c1-12(2)18-9-16-10-19-14(4)8-17(16)20-11-13(3)6-7-15(20)5/h8,10,12-13,15,18H,6-7,9,11H2,1-5H3. The summed E-state index contributed by atoms with van der Waals surface area (Å²) < 4.78 is 0. The SMILES string of the molecule is Cc1cc(N2CC(C)CCC2C)c(CNC(C)C)cn1. The molecule has 3 heteroatoms. The quantitative estimate of drug-likeness (QED) is 0.911. The van der Waals surface area contributed by atoms with Gasteiger partial charge in [0.25, 0.3) is 0 Å². The Bertz CT molecular complexity index is 442. The van der Waals surface area contributed by atoms with E-state index in [9.17, 15) is 0 Å². The summed E-state index contributed by atoms with van der Waals surface area (Å²) in [5.41, 5.74) is 3.81. The smallest absolute Gasteiger partial charge is 0.0448 e. The van der Waals surface area contributed by atoms with Crippen LogP contribution in [-0.4, -0.2) is 23.6 Å². The fourth-order valence-corrected chi connectivity index (χ4v) is 2.92. The second-order valence-electron chi connectivity index (χ2n) is 6.67. The number of nitrogens with zero attached hydrogens (tertiary/aromatic N) is 2. The van der Waals surface area contributed by atoms with Crippen LogP contribution in [0.3, 0.4) is 0 Å². The van der Waals surface area contributed by atoms with Crippen molar-refractivity contribution in [3.63, 3.8) is 0 Å². The third-order valence-corrected chi connectivity index (χ3v) is 4.23. The Morgan fingerprint density at radius 3 is 2.80 bits per heavy atom. The molecule has 0 radical (unpaired) electrons. The molecule has 0 spiro atoms. The number of hydrogen-bond donors (Lipinski definition) is 1. The van der Waals surface area contributed by atoms with Crippen molar-refractivity contribution >= 4 is 5.69 Å². The summed E-state index contributed by atoms with van der Waals surface area (Å²) in [6.07, 6.45) is 4.69. The van der Waals surface area contributed by atoms with E-state index in [1.54, 1.807) is 0 Å². The number of hydrogen-bond acceptors (Lipinski definition) is 3. The topological polar surface area (TPSA) is 28.2 Å². The van der Waals surface area contributed by atoms with Crippen LogP contribution in [-0.2, 0) is 6.54 Å². The summed E-state index contributed by atoms with van der Waals surface area (Å²) in [6, 6.07) is 3.39. The summed E-state index contributed by atoms with van der Waals surface area (Å²) in [4.78, 5) is 7.07. The summed E-state index contributed by atoms with van der Waals surface area (Å²) >= 11 is 0. The number of pyridine rings is 1. The molecule has 112 valence electrons. The summed E-state index contributed by atoms with van der Waals surface area (Å²) in [6.45, 7) is 13.2. The van der Waals surface area contributed by atoms with Gasteiger partial charge in [-0.1, -0.05) is 20.8 Å². The van der Waals surface area contributed by atoms with Gasteiger partial charge in [-0.2, -0.15) is 0 Å². The minimum atomic E-state index is 0.502. The molecule has 1 aromatic heterocycles. The third-order valence-electron chi connectivity index (χ3n) is 4.23. The van der Waals surface area contributed by atoms with Crippen LogP contribution in [0.2, 0.25) is 0 Å². The van der Waals surface area contributed by atoms with Gasteiger partial charge in [-0.25, -0.2) is 0 Å². The van der Waals surface area contributed by atoms with Crippen LogP contribution in [0, 0.1) is 12.8 Å². The zero-order valence-corrected chi connectivity index (χ0v) is 13.6. The van der Waals surface area contributed by atoms with E-state index < -0.39 is 0 Å². The Morgan fingerprint density at radius 1 is 1.35 bits per heavy atom. The first kappa shape index (κ1) is 15.3. The highest BCUT2D eigenvalue weighted by molar-refractivity contribution is 5.54. The minimum absolute atomic E-state index is 0.502. The molecule has 0 saturated carbocycles. The van der Waals surface area contributed by atoms with E-state index in [1.165, 1.54) is 30.6 Å². The molecular weight excluding hydrogens is 246 g/mol. The Hall–Kier alpha value is -1.09. The van der Waals surface area contributed by atoms with Gasteiger partial charge in [-0.15, -0.1) is 0 Å². The molecule has 1 aromatic rings. The van der Waals surface area contributed by atoms with E-state index in [0.717, 1.165) is 18.2 Å². The average molecular weight is 275 g/mol. The lowest BCUT2D eigenvalue weighted by Gasteiger charge is -2.39. The molecule has 0 aromatic carbocycles. The number of anilines is 1. The highest BCUT2D eigenvalue weighted by Crippen LogP contribution is 2.30. The van der Waals surface area contributed by atoms with Gasteiger partial charge in [0.2, 0.25) is 0 Å². The van der Waals surface area contributed by atoms with E-state index in [2.05, 4.69) is 55.9 Å². The maximum absolute atomic E-state index is 4.49. The van der Waals surface area contributed by atoms with Gasteiger partial charge in [0, 0.05) is 48.3 Å². The van der Waals surface area contributed by atoms with Crippen molar-refractivity contribution in [3.8, 4) is 0 Å². The molecule has 3 nitrogen and oxygen atoms in total. The second-order valence-corrected chi connectivity index (χ2v) is 6.67. The molecule has 1 N–H and O–H groups in total. The number of piperidine rings is 1. The molecule has 2 rings (SSSR count). The molecule has 2 unspecified atom stereocenters. The van der Waals surface area contributed by atoms with Crippen LogP contribution in [0.4, 0.5) is 5.69 Å². The lowest BCUT2D eigenvalue weighted by Crippen LogP contribution is -2.42. The van der Waals surface area contributed by atoms with E-state index in [-0.39, 0.29) is 0 Å². The Labute approximate surface area is 123 Å². The molecule has 2 heterocycles. The van der Waals surface area contributed by atoms with Gasteiger partial charge in [0.15, 0.2) is 0 Å². The monoisotopic (exact) mass is 275 g/mol. The molecule has 1 aliphatic rings. The molecule has 1 aliphatic heterocycles. The molecule has 0 amide bonds. The largest absolute Gasteiger partial charge is 0.368 e. The first-order valence-electron chi connectivity index (χ1n) is 7.93. The van der Waals surface area contributed by atoms with Crippen molar-refractivity contribution in [1.82, 2.24) is 10.3 Å². The first-order valence-corrected chi connectivity index (χ1v) is 7.93. The number of aromatic nitrogens is 1. The molecule has 1 saturated heterocycles. The van der Waals surface area contributed by atoms with Crippen molar-refractivity contribution in [1.29, 1.82) is 0 Å². The fraction of sp³-hybridized carbons (Fsp3) is 0.706. The van der Waals surface area contributed by atoms with Gasteiger partial charge >= 0.3 is 0 Å². The number of aryl methyl sites for hydroxylation is 1. The van der Waals surface area contributed by atoms with Crippen molar-refractivity contribution in [2.24, 2.45) is 5.92 Å². The molecular formula is C17H29N3. The maximum Gasteiger partial charge on any atom is 0.0448 e. The molecule has 1 fully saturated rings. The molecule has 0 bridgehead atoms. The van der Waals surface area contributed by atoms with E-state index >= 15 is 0 Å². The lowest BCUT2D eigenvalue weighted by atomic mass is 9.94. The van der Waals surface area contributed by atoms with Gasteiger partial charge < -0.3 is 10.2 Å². The number of nitrogens with one attached hydrogen (secondary N) is 1. The predicted octanol–water partition coefficient (Wildman–Crippen LogP) is 3.51. The van der Waals surface area contributed by atoms with Crippen LogP contribution in [0.15, 0.2) is 12.3 Å². The Morgan fingerprint density at radius 2 is 2.10 bits per heavy atom. The van der Waals surface area contributed by atoms with Crippen LogP contribution < -0.4 is 10.2 Å². The van der Waals surface area contributed by atoms with Gasteiger partial charge in [0.1, 0.15) is 0 Å². The maximum atomic E-state index is 4.49. The van der Waals surface area contributed by atoms with E-state index in [0.29, 0.717) is 12.1 Å². The molecule has 2 atom stereocenters. The lowest BCUT2D eigenvalue weighted by molar-refractivity contribution is 0.389. The molecule has 20 heavy (non-hydrogen) atoms. The van der Waals surface area contributed by atoms with Crippen LogP contribution >= 0.6 is 0 Å². The average Bonchev–Trinajstić information content (AvgIpc) is 2.40. The summed E-state index contributed by atoms with van der Waals surface area (Å²) in [5.74, 6) is 0.783. The van der Waals surface area contributed by atoms with E-state index in [1.807, 2.05) is 6.20 Å². The zero-order chi connectivity index (χ0) is 14.7. The van der Waals surface area contributed by atoms with Crippen LogP contribution in [0.25, 0.3) is 0 Å². The van der Waals surface area contributed by atoms with E-state index in [4.69, 9.17) is 0 Å². The Kier molecular flexibility index (Phi) is 5.03. The first-order chi connectivity index (χ1) is 9.47. The molecule has 0 aliphatic carbocycles.